The SMILES string of the molecule is CCc1cccc(CC)c1N1C(=NC(=O)Cc2cccc(C)c2)S[C@@H]2CS(=O)(=O)C[C@H]21. The Bertz CT molecular complexity index is 1120. The normalized spacial score (nSPS) is 23.3. The zero-order valence-corrected chi connectivity index (χ0v) is 19.8. The van der Waals surface area contributed by atoms with Crippen LogP contribution in [0.5, 0.6) is 0 Å². The van der Waals surface area contributed by atoms with Gasteiger partial charge in [-0.2, -0.15) is 4.99 Å². The molecule has 4 rings (SSSR count). The number of benzene rings is 2. The number of hydrogen-bond acceptors (Lipinski definition) is 4. The van der Waals surface area contributed by atoms with Gasteiger partial charge in [-0.05, 0) is 36.5 Å². The maximum absolute atomic E-state index is 12.9. The number of rotatable bonds is 5. The summed E-state index contributed by atoms with van der Waals surface area (Å²) in [5.41, 5.74) is 5.40. The predicted octanol–water partition coefficient (Wildman–Crippen LogP) is 3.96. The van der Waals surface area contributed by atoms with Crippen LogP contribution in [-0.4, -0.2) is 42.3 Å². The fourth-order valence-corrected chi connectivity index (χ4v) is 8.41. The van der Waals surface area contributed by atoms with Gasteiger partial charge in [0.2, 0.25) is 0 Å². The molecule has 0 bridgehead atoms. The van der Waals surface area contributed by atoms with Gasteiger partial charge in [0, 0.05) is 10.9 Å². The van der Waals surface area contributed by atoms with E-state index in [0.717, 1.165) is 40.8 Å². The number of thioether (sulfide) groups is 1. The lowest BCUT2D eigenvalue weighted by atomic mass is 10.0. The average Bonchev–Trinajstić information content (AvgIpc) is 3.17. The van der Waals surface area contributed by atoms with E-state index < -0.39 is 9.84 Å². The van der Waals surface area contributed by atoms with Crippen molar-refractivity contribution in [3.63, 3.8) is 0 Å². The first-order valence-corrected chi connectivity index (χ1v) is 13.5. The van der Waals surface area contributed by atoms with Crippen molar-refractivity contribution in [1.82, 2.24) is 0 Å². The zero-order chi connectivity index (χ0) is 22.2. The minimum atomic E-state index is -3.09. The highest BCUT2D eigenvalue weighted by atomic mass is 32.2. The van der Waals surface area contributed by atoms with E-state index in [1.165, 1.54) is 11.8 Å². The van der Waals surface area contributed by atoms with Gasteiger partial charge in [-0.15, -0.1) is 0 Å². The van der Waals surface area contributed by atoms with E-state index in [1.54, 1.807) is 0 Å². The van der Waals surface area contributed by atoms with Gasteiger partial charge in [0.05, 0.1) is 24.0 Å². The average molecular weight is 457 g/mol. The molecule has 31 heavy (non-hydrogen) atoms. The molecule has 0 unspecified atom stereocenters. The predicted molar refractivity (Wildman–Crippen MR) is 129 cm³/mol. The Morgan fingerprint density at radius 3 is 2.42 bits per heavy atom. The van der Waals surface area contributed by atoms with Crippen LogP contribution in [0.2, 0.25) is 0 Å². The van der Waals surface area contributed by atoms with Gasteiger partial charge in [0.1, 0.15) is 0 Å². The summed E-state index contributed by atoms with van der Waals surface area (Å²) in [5, 5.41) is 0.545. The molecule has 2 atom stereocenters. The summed E-state index contributed by atoms with van der Waals surface area (Å²) < 4.78 is 24.8. The van der Waals surface area contributed by atoms with E-state index in [4.69, 9.17) is 0 Å². The molecule has 2 saturated heterocycles. The highest BCUT2D eigenvalue weighted by molar-refractivity contribution is 8.16. The van der Waals surface area contributed by atoms with E-state index in [1.807, 2.05) is 37.3 Å². The summed E-state index contributed by atoms with van der Waals surface area (Å²) >= 11 is 1.44. The number of hydrogen-bond donors (Lipinski definition) is 0. The molecule has 0 N–H and O–H groups in total. The Hall–Kier alpha value is -2.12. The highest BCUT2D eigenvalue weighted by Crippen LogP contribution is 2.43. The Morgan fingerprint density at radius 2 is 1.77 bits per heavy atom. The number of nitrogens with zero attached hydrogens (tertiary/aromatic N) is 2. The van der Waals surface area contributed by atoms with Crippen LogP contribution >= 0.6 is 11.8 Å². The van der Waals surface area contributed by atoms with Crippen molar-refractivity contribution in [2.75, 3.05) is 16.4 Å². The standard InChI is InChI=1S/C24H28N2O3S2/c1-4-18-10-7-11-19(5-2)23(18)26-20-14-31(28,29)15-21(20)30-24(26)25-22(27)13-17-9-6-8-16(3)12-17/h6-12,20-21H,4-5,13-15H2,1-3H3/t20-,21-/m1/s1. The van der Waals surface area contributed by atoms with Crippen molar-refractivity contribution in [2.24, 2.45) is 4.99 Å². The molecule has 2 aliphatic rings. The molecule has 5 nitrogen and oxygen atoms in total. The lowest BCUT2D eigenvalue weighted by Gasteiger charge is -2.29. The quantitative estimate of drug-likeness (QED) is 0.681. The minimum Gasteiger partial charge on any atom is -0.315 e. The second kappa shape index (κ2) is 8.79. The van der Waals surface area contributed by atoms with Crippen molar-refractivity contribution in [3.8, 4) is 0 Å². The van der Waals surface area contributed by atoms with Crippen LogP contribution in [0.1, 0.15) is 36.1 Å². The summed E-state index contributed by atoms with van der Waals surface area (Å²) in [6.45, 7) is 6.21. The van der Waals surface area contributed by atoms with Crippen LogP contribution < -0.4 is 4.90 Å². The van der Waals surface area contributed by atoms with E-state index >= 15 is 0 Å². The Kier molecular flexibility index (Phi) is 6.26. The van der Waals surface area contributed by atoms with E-state index in [-0.39, 0.29) is 35.1 Å². The summed E-state index contributed by atoms with van der Waals surface area (Å²) in [6, 6.07) is 13.9. The molecular formula is C24H28N2O3S2. The van der Waals surface area contributed by atoms with Crippen LogP contribution in [0.3, 0.4) is 0 Å². The third-order valence-corrected chi connectivity index (χ3v) is 9.14. The lowest BCUT2D eigenvalue weighted by Crippen LogP contribution is -2.39. The Balaban J connectivity index is 1.74. The molecule has 0 aliphatic carbocycles. The van der Waals surface area contributed by atoms with Crippen molar-refractivity contribution in [1.29, 1.82) is 0 Å². The van der Waals surface area contributed by atoms with Gasteiger partial charge < -0.3 is 4.90 Å². The summed E-state index contributed by atoms with van der Waals surface area (Å²) in [7, 11) is -3.09. The van der Waals surface area contributed by atoms with E-state index in [9.17, 15) is 13.2 Å². The molecule has 2 aliphatic heterocycles. The number of carbonyl (C=O) groups excluding carboxylic acids is 1. The molecular weight excluding hydrogens is 428 g/mol. The van der Waals surface area contributed by atoms with Crippen LogP contribution in [0.4, 0.5) is 5.69 Å². The number of amidine groups is 1. The molecule has 164 valence electrons. The fraction of sp³-hybridized carbons (Fsp3) is 0.417. The van der Waals surface area contributed by atoms with Gasteiger partial charge in [0.25, 0.3) is 5.91 Å². The topological polar surface area (TPSA) is 66.8 Å². The fourth-order valence-electron chi connectivity index (χ4n) is 4.49. The van der Waals surface area contributed by atoms with Gasteiger partial charge in [-0.25, -0.2) is 8.42 Å². The first-order chi connectivity index (χ1) is 14.8. The van der Waals surface area contributed by atoms with E-state index in [2.05, 4.69) is 35.9 Å². The van der Waals surface area contributed by atoms with Crippen LogP contribution in [0.15, 0.2) is 47.5 Å². The molecule has 0 aromatic heterocycles. The third-order valence-electron chi connectivity index (χ3n) is 5.93. The zero-order valence-electron chi connectivity index (χ0n) is 18.2. The largest absolute Gasteiger partial charge is 0.315 e. The maximum Gasteiger partial charge on any atom is 0.252 e. The van der Waals surface area contributed by atoms with Gasteiger partial charge in [0.15, 0.2) is 15.0 Å². The summed E-state index contributed by atoms with van der Waals surface area (Å²) in [6.07, 6.45) is 1.90. The van der Waals surface area contributed by atoms with Crippen molar-refractivity contribution in [3.05, 3.63) is 64.7 Å². The number of aliphatic imine (C=N–C) groups is 1. The smallest absolute Gasteiger partial charge is 0.252 e. The molecule has 0 radical (unpaired) electrons. The summed E-state index contributed by atoms with van der Waals surface area (Å²) in [5.74, 6) is 0.0457. The van der Waals surface area contributed by atoms with Crippen LogP contribution in [0.25, 0.3) is 0 Å². The van der Waals surface area contributed by atoms with Crippen molar-refractivity contribution >= 4 is 38.4 Å². The van der Waals surface area contributed by atoms with Gasteiger partial charge in [-0.1, -0.05) is 73.6 Å². The molecule has 1 amide bonds. The molecule has 7 heteroatoms. The first-order valence-electron chi connectivity index (χ1n) is 10.8. The number of anilines is 1. The maximum atomic E-state index is 12.9. The van der Waals surface area contributed by atoms with Gasteiger partial charge >= 0.3 is 0 Å². The number of sulfone groups is 1. The minimum absolute atomic E-state index is 0.0925. The number of aryl methyl sites for hydroxylation is 3. The Morgan fingerprint density at radius 1 is 1.10 bits per heavy atom. The van der Waals surface area contributed by atoms with Gasteiger partial charge in [-0.3, -0.25) is 4.79 Å². The first kappa shape index (κ1) is 22.1. The van der Waals surface area contributed by atoms with Crippen LogP contribution in [0, 0.1) is 6.92 Å². The Labute approximate surface area is 188 Å². The molecule has 2 aromatic rings. The number of carbonyl (C=O) groups is 1. The van der Waals surface area contributed by atoms with Crippen molar-refractivity contribution < 1.29 is 13.2 Å². The monoisotopic (exact) mass is 456 g/mol. The molecule has 0 saturated carbocycles. The highest BCUT2D eigenvalue weighted by Gasteiger charge is 2.50. The van der Waals surface area contributed by atoms with E-state index in [0.29, 0.717) is 5.17 Å². The molecule has 2 fully saturated rings. The molecule has 2 aromatic carbocycles. The number of fused-ring (bicyclic) bond motifs is 1. The molecule has 0 spiro atoms. The van der Waals surface area contributed by atoms with Crippen LogP contribution in [-0.2, 0) is 33.9 Å². The number of para-hydroxylation sites is 1. The van der Waals surface area contributed by atoms with Crippen molar-refractivity contribution in [2.45, 2.75) is 51.3 Å². The lowest BCUT2D eigenvalue weighted by molar-refractivity contribution is -0.117. The second-order valence-corrected chi connectivity index (χ2v) is 11.6. The number of amides is 1. The third kappa shape index (κ3) is 4.58. The second-order valence-electron chi connectivity index (χ2n) is 8.26. The summed E-state index contributed by atoms with van der Waals surface area (Å²) in [4.78, 5) is 19.4. The molecule has 2 heterocycles.